The molecule has 18 heavy (non-hydrogen) atoms. The average molecular weight is 329 g/mol. The van der Waals surface area contributed by atoms with Gasteiger partial charge in [-0.25, -0.2) is 4.39 Å². The lowest BCUT2D eigenvalue weighted by Crippen LogP contribution is -2.13. The van der Waals surface area contributed by atoms with Gasteiger partial charge in [-0.1, -0.05) is 45.7 Å². The first kappa shape index (κ1) is 13.5. The fourth-order valence-electron chi connectivity index (χ4n) is 1.81. The number of benzene rings is 2. The highest BCUT2D eigenvalue weighted by molar-refractivity contribution is 9.10. The second-order valence-electron chi connectivity index (χ2n) is 4.12. The third-order valence-corrected chi connectivity index (χ3v) is 3.90. The topological polar surface area (TPSA) is 26.0 Å². The van der Waals surface area contributed by atoms with Gasteiger partial charge in [0.15, 0.2) is 0 Å². The van der Waals surface area contributed by atoms with Crippen molar-refractivity contribution in [2.24, 2.45) is 5.73 Å². The van der Waals surface area contributed by atoms with Gasteiger partial charge in [0, 0.05) is 9.50 Å². The molecule has 2 N–H and O–H groups in total. The minimum atomic E-state index is -0.382. The maximum atomic E-state index is 13.4. The molecule has 2 aromatic carbocycles. The molecule has 0 radical (unpaired) electrons. The van der Waals surface area contributed by atoms with E-state index in [0.29, 0.717) is 10.6 Å². The van der Waals surface area contributed by atoms with Crippen molar-refractivity contribution in [1.82, 2.24) is 0 Å². The first-order valence-corrected chi connectivity index (χ1v) is 6.63. The van der Waals surface area contributed by atoms with Gasteiger partial charge >= 0.3 is 0 Å². The van der Waals surface area contributed by atoms with Crippen molar-refractivity contribution in [2.45, 2.75) is 13.0 Å². The van der Waals surface area contributed by atoms with Crippen LogP contribution in [0.1, 0.15) is 22.7 Å². The monoisotopic (exact) mass is 327 g/mol. The Morgan fingerprint density at radius 2 is 1.89 bits per heavy atom. The number of rotatable bonds is 2. The molecule has 1 nitrogen and oxygen atoms in total. The van der Waals surface area contributed by atoms with Gasteiger partial charge in [-0.3, -0.25) is 0 Å². The molecule has 0 aliphatic rings. The van der Waals surface area contributed by atoms with Gasteiger partial charge in [0.05, 0.1) is 6.04 Å². The van der Waals surface area contributed by atoms with Gasteiger partial charge in [0.25, 0.3) is 0 Å². The van der Waals surface area contributed by atoms with Crippen molar-refractivity contribution in [2.75, 3.05) is 0 Å². The van der Waals surface area contributed by atoms with E-state index < -0.39 is 0 Å². The van der Waals surface area contributed by atoms with Gasteiger partial charge in [-0.15, -0.1) is 0 Å². The standard InChI is InChI=1S/C14H12BrClFN/c1-8-6-10(12(16)7-13(8)17)14(18)9-4-2-3-5-11(9)15/h2-7,14H,18H2,1H3. The van der Waals surface area contributed by atoms with E-state index in [1.165, 1.54) is 6.07 Å². The Balaban J connectivity index is 2.50. The van der Waals surface area contributed by atoms with Crippen LogP contribution < -0.4 is 5.73 Å². The van der Waals surface area contributed by atoms with Crippen LogP contribution in [0.4, 0.5) is 4.39 Å². The first-order valence-electron chi connectivity index (χ1n) is 5.46. The van der Waals surface area contributed by atoms with Crippen molar-refractivity contribution in [3.05, 3.63) is 68.4 Å². The molecule has 0 spiro atoms. The van der Waals surface area contributed by atoms with Crippen LogP contribution in [0.5, 0.6) is 0 Å². The highest BCUT2D eigenvalue weighted by atomic mass is 79.9. The van der Waals surface area contributed by atoms with E-state index in [1.54, 1.807) is 13.0 Å². The SMILES string of the molecule is Cc1cc(C(N)c2ccccc2Br)c(Cl)cc1F. The molecular formula is C14H12BrClFN. The Kier molecular flexibility index (Phi) is 4.05. The predicted octanol–water partition coefficient (Wildman–Crippen LogP) is 4.60. The highest BCUT2D eigenvalue weighted by Crippen LogP contribution is 2.32. The van der Waals surface area contributed by atoms with E-state index in [2.05, 4.69) is 15.9 Å². The minimum Gasteiger partial charge on any atom is -0.320 e. The Labute approximate surface area is 119 Å². The van der Waals surface area contributed by atoms with E-state index >= 15 is 0 Å². The number of hydrogen-bond acceptors (Lipinski definition) is 1. The Morgan fingerprint density at radius 1 is 1.22 bits per heavy atom. The Morgan fingerprint density at radius 3 is 2.56 bits per heavy atom. The third-order valence-electron chi connectivity index (χ3n) is 2.85. The molecule has 0 bridgehead atoms. The van der Waals surface area contributed by atoms with Crippen LogP contribution in [0.25, 0.3) is 0 Å². The number of halogens is 3. The van der Waals surface area contributed by atoms with Gasteiger partial charge in [-0.05, 0) is 41.8 Å². The molecule has 1 atom stereocenters. The summed E-state index contributed by atoms with van der Waals surface area (Å²) in [7, 11) is 0. The first-order chi connectivity index (χ1) is 8.50. The zero-order valence-corrected chi connectivity index (χ0v) is 12.1. The van der Waals surface area contributed by atoms with Crippen LogP contribution in [-0.2, 0) is 0 Å². The van der Waals surface area contributed by atoms with Crippen molar-refractivity contribution in [1.29, 1.82) is 0 Å². The molecule has 0 aromatic heterocycles. The number of hydrogen-bond donors (Lipinski definition) is 1. The zero-order chi connectivity index (χ0) is 13.3. The Hall–Kier alpha value is -0.900. The van der Waals surface area contributed by atoms with Gasteiger partial charge in [0.1, 0.15) is 5.82 Å². The molecule has 2 aromatic rings. The molecule has 0 saturated heterocycles. The summed E-state index contributed by atoms with van der Waals surface area (Å²) in [6, 6.07) is 10.3. The van der Waals surface area contributed by atoms with Gasteiger partial charge in [0.2, 0.25) is 0 Å². The predicted molar refractivity (Wildman–Crippen MR) is 76.3 cm³/mol. The van der Waals surface area contributed by atoms with Crippen molar-refractivity contribution < 1.29 is 4.39 Å². The molecule has 0 amide bonds. The molecule has 2 rings (SSSR count). The maximum Gasteiger partial charge on any atom is 0.127 e. The quantitative estimate of drug-likeness (QED) is 0.856. The maximum absolute atomic E-state index is 13.4. The van der Waals surface area contributed by atoms with E-state index in [4.69, 9.17) is 17.3 Å². The summed E-state index contributed by atoms with van der Waals surface area (Å²) in [4.78, 5) is 0. The summed E-state index contributed by atoms with van der Waals surface area (Å²) >= 11 is 9.52. The lowest BCUT2D eigenvalue weighted by atomic mass is 9.98. The summed E-state index contributed by atoms with van der Waals surface area (Å²) in [5.41, 5.74) is 8.39. The van der Waals surface area contributed by atoms with Gasteiger partial charge < -0.3 is 5.73 Å². The van der Waals surface area contributed by atoms with Crippen LogP contribution in [0, 0.1) is 12.7 Å². The molecule has 4 heteroatoms. The van der Waals surface area contributed by atoms with Crippen LogP contribution in [0.3, 0.4) is 0 Å². The van der Waals surface area contributed by atoms with Crippen LogP contribution >= 0.6 is 27.5 Å². The van der Waals surface area contributed by atoms with E-state index in [9.17, 15) is 4.39 Å². The molecule has 0 aliphatic carbocycles. The summed E-state index contributed by atoms with van der Waals surface area (Å²) in [5, 5.41) is 0.348. The van der Waals surface area contributed by atoms with Crippen LogP contribution in [0.2, 0.25) is 5.02 Å². The summed E-state index contributed by atoms with van der Waals surface area (Å²) in [6.45, 7) is 1.70. The molecule has 94 valence electrons. The molecule has 0 saturated carbocycles. The van der Waals surface area contributed by atoms with Gasteiger partial charge in [-0.2, -0.15) is 0 Å². The third kappa shape index (κ3) is 2.58. The smallest absolute Gasteiger partial charge is 0.127 e. The zero-order valence-electron chi connectivity index (χ0n) is 9.75. The molecular weight excluding hydrogens is 317 g/mol. The normalized spacial score (nSPS) is 12.5. The average Bonchev–Trinajstić information content (AvgIpc) is 2.33. The molecule has 0 fully saturated rings. The van der Waals surface area contributed by atoms with Crippen molar-refractivity contribution in [3.63, 3.8) is 0 Å². The largest absolute Gasteiger partial charge is 0.320 e. The Bertz CT molecular complexity index is 586. The number of aryl methyl sites for hydroxylation is 1. The second-order valence-corrected chi connectivity index (χ2v) is 5.38. The molecule has 0 heterocycles. The minimum absolute atomic E-state index is 0.317. The lowest BCUT2D eigenvalue weighted by Gasteiger charge is -2.16. The highest BCUT2D eigenvalue weighted by Gasteiger charge is 2.16. The van der Waals surface area contributed by atoms with Crippen LogP contribution in [0.15, 0.2) is 40.9 Å². The van der Waals surface area contributed by atoms with Crippen LogP contribution in [-0.4, -0.2) is 0 Å². The van der Waals surface area contributed by atoms with E-state index in [0.717, 1.165) is 15.6 Å². The summed E-state index contributed by atoms with van der Waals surface area (Å²) in [6.07, 6.45) is 0. The second kappa shape index (κ2) is 5.39. The van der Waals surface area contributed by atoms with Crippen molar-refractivity contribution >= 4 is 27.5 Å². The number of nitrogens with two attached hydrogens (primary N) is 1. The molecule has 0 aliphatic heterocycles. The summed E-state index contributed by atoms with van der Waals surface area (Å²) < 4.78 is 14.3. The lowest BCUT2D eigenvalue weighted by molar-refractivity contribution is 0.617. The van der Waals surface area contributed by atoms with E-state index in [1.807, 2.05) is 24.3 Å². The van der Waals surface area contributed by atoms with Crippen molar-refractivity contribution in [3.8, 4) is 0 Å². The fraction of sp³-hybridized carbons (Fsp3) is 0.143. The van der Waals surface area contributed by atoms with E-state index in [-0.39, 0.29) is 11.9 Å². The fourth-order valence-corrected chi connectivity index (χ4v) is 2.61. The molecule has 1 unspecified atom stereocenters. The summed E-state index contributed by atoms with van der Waals surface area (Å²) in [5.74, 6) is -0.317.